The van der Waals surface area contributed by atoms with E-state index in [9.17, 15) is 9.59 Å². The molecule has 2 heterocycles. The molecule has 0 aliphatic carbocycles. The maximum Gasteiger partial charge on any atom is 0.254 e. The van der Waals surface area contributed by atoms with Crippen LogP contribution in [0.4, 0.5) is 0 Å². The number of likely N-dealkylation sites (tertiary alicyclic amines) is 1. The molecule has 4 nitrogen and oxygen atoms in total. The molecule has 100 valence electrons. The van der Waals surface area contributed by atoms with Crippen LogP contribution in [0.25, 0.3) is 0 Å². The van der Waals surface area contributed by atoms with Crippen LogP contribution in [0.3, 0.4) is 0 Å². The summed E-state index contributed by atoms with van der Waals surface area (Å²) in [5.41, 5.74) is 2.93. The van der Waals surface area contributed by atoms with E-state index in [2.05, 4.69) is 11.4 Å². The molecule has 1 aromatic rings. The average Bonchev–Trinajstić information content (AvgIpc) is 2.85. The minimum Gasteiger partial charge on any atom is -0.351 e. The Hall–Kier alpha value is -1.84. The van der Waals surface area contributed by atoms with E-state index in [0.717, 1.165) is 29.7 Å². The largest absolute Gasteiger partial charge is 0.351 e. The lowest BCUT2D eigenvalue weighted by atomic mass is 10.1. The zero-order valence-electron chi connectivity index (χ0n) is 11.3. The van der Waals surface area contributed by atoms with Crippen LogP contribution in [0.2, 0.25) is 0 Å². The van der Waals surface area contributed by atoms with Gasteiger partial charge in [0.1, 0.15) is 0 Å². The van der Waals surface area contributed by atoms with Crippen molar-refractivity contribution in [3.8, 4) is 0 Å². The van der Waals surface area contributed by atoms with Crippen molar-refractivity contribution in [1.29, 1.82) is 0 Å². The highest BCUT2D eigenvalue weighted by molar-refractivity contribution is 5.96. The molecule has 2 saturated heterocycles. The van der Waals surface area contributed by atoms with Gasteiger partial charge in [-0.25, -0.2) is 0 Å². The van der Waals surface area contributed by atoms with E-state index >= 15 is 0 Å². The summed E-state index contributed by atoms with van der Waals surface area (Å²) in [5, 5.41) is 2.94. The molecule has 1 N–H and O–H groups in total. The van der Waals surface area contributed by atoms with Crippen LogP contribution in [0.5, 0.6) is 0 Å². The van der Waals surface area contributed by atoms with Gasteiger partial charge in [-0.05, 0) is 32.4 Å². The second-order valence-electron chi connectivity index (χ2n) is 5.61. The Balaban J connectivity index is 1.86. The number of rotatable bonds is 1. The predicted octanol–water partition coefficient (Wildman–Crippen LogP) is 1.41. The summed E-state index contributed by atoms with van der Waals surface area (Å²) in [6.07, 6.45) is 1.31. The monoisotopic (exact) mass is 258 g/mol. The molecule has 2 fully saturated rings. The van der Waals surface area contributed by atoms with Crippen LogP contribution in [0.15, 0.2) is 18.2 Å². The molecule has 0 aromatic heterocycles. The molecule has 3 rings (SSSR count). The number of carbonyl (C=O) groups is 2. The van der Waals surface area contributed by atoms with Gasteiger partial charge in [-0.3, -0.25) is 9.59 Å². The Morgan fingerprint density at radius 3 is 2.63 bits per heavy atom. The van der Waals surface area contributed by atoms with Crippen molar-refractivity contribution in [2.45, 2.75) is 38.8 Å². The fourth-order valence-corrected chi connectivity index (χ4v) is 3.25. The van der Waals surface area contributed by atoms with Gasteiger partial charge < -0.3 is 10.2 Å². The van der Waals surface area contributed by atoms with Gasteiger partial charge in [0.05, 0.1) is 12.1 Å². The molecule has 19 heavy (non-hydrogen) atoms. The van der Waals surface area contributed by atoms with Crippen LogP contribution in [0.1, 0.15) is 34.3 Å². The number of benzene rings is 1. The van der Waals surface area contributed by atoms with E-state index in [0.29, 0.717) is 6.42 Å². The summed E-state index contributed by atoms with van der Waals surface area (Å²) in [7, 11) is 0. The molecule has 0 bridgehead atoms. The fourth-order valence-electron chi connectivity index (χ4n) is 3.25. The van der Waals surface area contributed by atoms with Crippen molar-refractivity contribution in [3.63, 3.8) is 0 Å². The van der Waals surface area contributed by atoms with Crippen LogP contribution in [-0.2, 0) is 4.79 Å². The van der Waals surface area contributed by atoms with Crippen LogP contribution < -0.4 is 5.32 Å². The lowest BCUT2D eigenvalue weighted by Gasteiger charge is -2.23. The quantitative estimate of drug-likeness (QED) is 0.828. The van der Waals surface area contributed by atoms with Crippen molar-refractivity contribution in [1.82, 2.24) is 10.2 Å². The molecule has 2 aliphatic rings. The molecule has 2 amide bonds. The highest BCUT2D eigenvalue weighted by atomic mass is 16.2. The van der Waals surface area contributed by atoms with Gasteiger partial charge in [0.15, 0.2) is 0 Å². The number of hydrogen-bond acceptors (Lipinski definition) is 2. The summed E-state index contributed by atoms with van der Waals surface area (Å²) in [6.45, 7) is 4.73. The summed E-state index contributed by atoms with van der Waals surface area (Å²) in [5.74, 6) is 0.115. The van der Waals surface area contributed by atoms with Gasteiger partial charge in [-0.2, -0.15) is 0 Å². The van der Waals surface area contributed by atoms with Crippen molar-refractivity contribution in [2.75, 3.05) is 6.54 Å². The second-order valence-corrected chi connectivity index (χ2v) is 5.61. The Kier molecular flexibility index (Phi) is 2.81. The van der Waals surface area contributed by atoms with Gasteiger partial charge in [0, 0.05) is 18.5 Å². The normalized spacial score (nSPS) is 25.4. The van der Waals surface area contributed by atoms with E-state index in [4.69, 9.17) is 0 Å². The van der Waals surface area contributed by atoms with Crippen molar-refractivity contribution in [2.24, 2.45) is 0 Å². The van der Waals surface area contributed by atoms with Gasteiger partial charge in [0.2, 0.25) is 5.91 Å². The van der Waals surface area contributed by atoms with E-state index < -0.39 is 0 Å². The lowest BCUT2D eigenvalue weighted by Crippen LogP contribution is -2.38. The van der Waals surface area contributed by atoms with Crippen molar-refractivity contribution in [3.05, 3.63) is 34.9 Å². The van der Waals surface area contributed by atoms with Crippen LogP contribution in [-0.4, -0.2) is 35.3 Å². The van der Waals surface area contributed by atoms with E-state index in [1.165, 1.54) is 0 Å². The third-order valence-corrected chi connectivity index (χ3v) is 4.02. The molecule has 0 saturated carbocycles. The standard InChI is InChI=1S/C15H18N2O2/c1-9-5-10(2)7-11(6-9)15(19)17-4-3-12-13(17)8-14(18)16-12/h5-7,12-13H,3-4,8H2,1-2H3,(H,16,18)/t12-,13-/m0/s1. The summed E-state index contributed by atoms with van der Waals surface area (Å²) in [4.78, 5) is 25.9. The minimum atomic E-state index is 0.0424. The molecule has 0 radical (unpaired) electrons. The third kappa shape index (κ3) is 2.11. The molecular formula is C15H18N2O2. The number of aryl methyl sites for hydroxylation is 2. The predicted molar refractivity (Wildman–Crippen MR) is 71.9 cm³/mol. The second kappa shape index (κ2) is 4.37. The van der Waals surface area contributed by atoms with E-state index in [1.807, 2.05) is 30.9 Å². The van der Waals surface area contributed by atoms with Crippen molar-refractivity contribution >= 4 is 11.8 Å². The number of hydrogen-bond donors (Lipinski definition) is 1. The molecule has 1 aromatic carbocycles. The Labute approximate surface area is 112 Å². The zero-order chi connectivity index (χ0) is 13.6. The van der Waals surface area contributed by atoms with Gasteiger partial charge in [0.25, 0.3) is 5.91 Å². The molecule has 2 aliphatic heterocycles. The third-order valence-electron chi connectivity index (χ3n) is 4.02. The first kappa shape index (κ1) is 12.2. The number of nitrogens with zero attached hydrogens (tertiary/aromatic N) is 1. The minimum absolute atomic E-state index is 0.0424. The Bertz CT molecular complexity index is 533. The maximum atomic E-state index is 12.6. The fraction of sp³-hybridized carbons (Fsp3) is 0.467. The van der Waals surface area contributed by atoms with E-state index in [1.54, 1.807) is 0 Å². The Morgan fingerprint density at radius 1 is 1.26 bits per heavy atom. The average molecular weight is 258 g/mol. The molecule has 4 heteroatoms. The first-order chi connectivity index (χ1) is 9.04. The first-order valence-electron chi connectivity index (χ1n) is 6.73. The lowest BCUT2D eigenvalue weighted by molar-refractivity contribution is -0.119. The topological polar surface area (TPSA) is 49.4 Å². The SMILES string of the molecule is Cc1cc(C)cc(C(=O)N2CC[C@@H]3NC(=O)C[C@@H]32)c1. The summed E-state index contributed by atoms with van der Waals surface area (Å²) in [6, 6.07) is 6.10. The van der Waals surface area contributed by atoms with Gasteiger partial charge >= 0.3 is 0 Å². The first-order valence-corrected chi connectivity index (χ1v) is 6.73. The van der Waals surface area contributed by atoms with E-state index in [-0.39, 0.29) is 23.9 Å². The van der Waals surface area contributed by atoms with Gasteiger partial charge in [-0.1, -0.05) is 17.2 Å². The molecule has 0 spiro atoms. The van der Waals surface area contributed by atoms with Crippen LogP contribution in [0, 0.1) is 13.8 Å². The smallest absolute Gasteiger partial charge is 0.254 e. The highest BCUT2D eigenvalue weighted by Gasteiger charge is 2.43. The number of nitrogens with one attached hydrogen (secondary N) is 1. The molecular weight excluding hydrogens is 240 g/mol. The number of carbonyl (C=O) groups excluding carboxylic acids is 2. The zero-order valence-corrected chi connectivity index (χ0v) is 11.3. The summed E-state index contributed by atoms with van der Waals surface area (Å²) >= 11 is 0. The Morgan fingerprint density at radius 2 is 1.95 bits per heavy atom. The summed E-state index contributed by atoms with van der Waals surface area (Å²) < 4.78 is 0. The highest BCUT2D eigenvalue weighted by Crippen LogP contribution is 2.27. The maximum absolute atomic E-state index is 12.6. The number of fused-ring (bicyclic) bond motifs is 1. The van der Waals surface area contributed by atoms with Crippen LogP contribution >= 0.6 is 0 Å². The number of amides is 2. The van der Waals surface area contributed by atoms with Gasteiger partial charge in [-0.15, -0.1) is 0 Å². The molecule has 2 atom stereocenters. The molecule has 0 unspecified atom stereocenters. The van der Waals surface area contributed by atoms with Crippen molar-refractivity contribution < 1.29 is 9.59 Å².